The molecule has 1 aliphatic heterocycles. The van der Waals surface area contributed by atoms with Gasteiger partial charge in [-0.05, 0) is 37.0 Å². The summed E-state index contributed by atoms with van der Waals surface area (Å²) < 4.78 is 0. The molecule has 0 aromatic carbocycles. The van der Waals surface area contributed by atoms with Crippen molar-refractivity contribution in [2.75, 3.05) is 18.0 Å². The molecule has 1 saturated heterocycles. The van der Waals surface area contributed by atoms with Crippen LogP contribution in [0, 0.1) is 12.8 Å². The minimum atomic E-state index is 0.822. The van der Waals surface area contributed by atoms with Crippen LogP contribution in [-0.4, -0.2) is 18.1 Å². The highest BCUT2D eigenvalue weighted by Crippen LogP contribution is 2.21. The van der Waals surface area contributed by atoms with Crippen molar-refractivity contribution in [3.8, 4) is 0 Å². The van der Waals surface area contributed by atoms with Crippen molar-refractivity contribution in [3.05, 3.63) is 23.9 Å². The normalized spacial score (nSPS) is 22.3. The summed E-state index contributed by atoms with van der Waals surface area (Å²) in [6.07, 6.45) is 3.20. The van der Waals surface area contributed by atoms with E-state index in [1.807, 2.05) is 12.3 Å². The van der Waals surface area contributed by atoms with Crippen LogP contribution >= 0.6 is 0 Å². The summed E-state index contributed by atoms with van der Waals surface area (Å²) in [6, 6.07) is 4.21. The van der Waals surface area contributed by atoms with Gasteiger partial charge in [0.25, 0.3) is 0 Å². The maximum absolute atomic E-state index is 4.38. The van der Waals surface area contributed by atoms with E-state index in [4.69, 9.17) is 0 Å². The summed E-state index contributed by atoms with van der Waals surface area (Å²) in [5.41, 5.74) is 1.30. The monoisotopic (exact) mass is 176 g/mol. The summed E-state index contributed by atoms with van der Waals surface area (Å²) in [4.78, 5) is 6.75. The molecule has 0 amide bonds. The standard InChI is InChI=1S/C11H16N2/c1-9-3-5-12-11(7-9)13-6-4-10(2)8-13/h3,5,7,10H,4,6,8H2,1-2H3. The highest BCUT2D eigenvalue weighted by molar-refractivity contribution is 5.41. The van der Waals surface area contributed by atoms with Crippen LogP contribution in [0.1, 0.15) is 18.9 Å². The number of hydrogen-bond donors (Lipinski definition) is 0. The van der Waals surface area contributed by atoms with Gasteiger partial charge >= 0.3 is 0 Å². The predicted molar refractivity (Wildman–Crippen MR) is 55.0 cm³/mol. The molecular weight excluding hydrogens is 160 g/mol. The molecule has 1 unspecified atom stereocenters. The Kier molecular flexibility index (Phi) is 2.21. The van der Waals surface area contributed by atoms with Gasteiger partial charge in [0.15, 0.2) is 0 Å². The zero-order chi connectivity index (χ0) is 9.26. The fourth-order valence-electron chi connectivity index (χ4n) is 1.84. The molecule has 13 heavy (non-hydrogen) atoms. The maximum atomic E-state index is 4.38. The van der Waals surface area contributed by atoms with E-state index in [0.29, 0.717) is 0 Å². The van der Waals surface area contributed by atoms with Crippen LogP contribution in [0.15, 0.2) is 18.3 Å². The molecule has 2 rings (SSSR count). The first-order chi connectivity index (χ1) is 6.25. The minimum Gasteiger partial charge on any atom is -0.356 e. The zero-order valence-electron chi connectivity index (χ0n) is 8.33. The lowest BCUT2D eigenvalue weighted by atomic mass is 10.2. The van der Waals surface area contributed by atoms with Crippen LogP contribution in [0.25, 0.3) is 0 Å². The maximum Gasteiger partial charge on any atom is 0.128 e. The second-order valence-corrected chi connectivity index (χ2v) is 4.03. The van der Waals surface area contributed by atoms with Crippen LogP contribution in [0.2, 0.25) is 0 Å². The fraction of sp³-hybridized carbons (Fsp3) is 0.545. The van der Waals surface area contributed by atoms with Gasteiger partial charge in [-0.2, -0.15) is 0 Å². The molecule has 1 fully saturated rings. The molecule has 2 nitrogen and oxygen atoms in total. The molecule has 0 spiro atoms. The van der Waals surface area contributed by atoms with Crippen molar-refractivity contribution in [2.45, 2.75) is 20.3 Å². The van der Waals surface area contributed by atoms with E-state index in [-0.39, 0.29) is 0 Å². The molecule has 2 heterocycles. The Morgan fingerprint density at radius 3 is 3.00 bits per heavy atom. The van der Waals surface area contributed by atoms with Crippen molar-refractivity contribution in [2.24, 2.45) is 5.92 Å². The second kappa shape index (κ2) is 3.36. The fourth-order valence-corrected chi connectivity index (χ4v) is 1.84. The van der Waals surface area contributed by atoms with Gasteiger partial charge in [0.2, 0.25) is 0 Å². The van der Waals surface area contributed by atoms with Crippen molar-refractivity contribution in [1.82, 2.24) is 4.98 Å². The van der Waals surface area contributed by atoms with Crippen LogP contribution in [0.5, 0.6) is 0 Å². The quantitative estimate of drug-likeness (QED) is 0.652. The minimum absolute atomic E-state index is 0.822. The van der Waals surface area contributed by atoms with Gasteiger partial charge in [-0.3, -0.25) is 0 Å². The van der Waals surface area contributed by atoms with E-state index in [1.165, 1.54) is 12.0 Å². The molecule has 2 heteroatoms. The number of hydrogen-bond acceptors (Lipinski definition) is 2. The molecule has 70 valence electrons. The predicted octanol–water partition coefficient (Wildman–Crippen LogP) is 2.24. The molecule has 0 radical (unpaired) electrons. The number of pyridine rings is 1. The Bertz CT molecular complexity index is 296. The van der Waals surface area contributed by atoms with Crippen LogP contribution < -0.4 is 4.90 Å². The van der Waals surface area contributed by atoms with Crippen LogP contribution in [0.3, 0.4) is 0 Å². The lowest BCUT2D eigenvalue weighted by Crippen LogP contribution is -2.20. The zero-order valence-corrected chi connectivity index (χ0v) is 8.33. The number of rotatable bonds is 1. The molecular formula is C11H16N2. The average Bonchev–Trinajstić information content (AvgIpc) is 2.52. The third-order valence-electron chi connectivity index (χ3n) is 2.65. The molecule has 0 aliphatic carbocycles. The summed E-state index contributed by atoms with van der Waals surface area (Å²) in [6.45, 7) is 6.74. The summed E-state index contributed by atoms with van der Waals surface area (Å²) >= 11 is 0. The van der Waals surface area contributed by atoms with Gasteiger partial charge in [0.05, 0.1) is 0 Å². The van der Waals surface area contributed by atoms with E-state index in [9.17, 15) is 0 Å². The third kappa shape index (κ3) is 1.82. The van der Waals surface area contributed by atoms with Crippen LogP contribution in [-0.2, 0) is 0 Å². The van der Waals surface area contributed by atoms with E-state index in [1.54, 1.807) is 0 Å². The lowest BCUT2D eigenvalue weighted by molar-refractivity contribution is 0.659. The number of anilines is 1. The Balaban J connectivity index is 2.16. The smallest absolute Gasteiger partial charge is 0.128 e. The van der Waals surface area contributed by atoms with Gasteiger partial charge in [0.1, 0.15) is 5.82 Å². The Hall–Kier alpha value is -1.05. The van der Waals surface area contributed by atoms with Gasteiger partial charge in [-0.1, -0.05) is 6.92 Å². The van der Waals surface area contributed by atoms with Crippen LogP contribution in [0.4, 0.5) is 5.82 Å². The highest BCUT2D eigenvalue weighted by Gasteiger charge is 2.19. The molecule has 1 aromatic heterocycles. The number of aryl methyl sites for hydroxylation is 1. The molecule has 1 aromatic rings. The van der Waals surface area contributed by atoms with Gasteiger partial charge < -0.3 is 4.90 Å². The molecule has 0 saturated carbocycles. The largest absolute Gasteiger partial charge is 0.356 e. The average molecular weight is 176 g/mol. The van der Waals surface area contributed by atoms with E-state index < -0.39 is 0 Å². The first-order valence-corrected chi connectivity index (χ1v) is 4.93. The molecule has 1 aliphatic rings. The van der Waals surface area contributed by atoms with Gasteiger partial charge in [-0.25, -0.2) is 4.98 Å². The van der Waals surface area contributed by atoms with E-state index >= 15 is 0 Å². The van der Waals surface area contributed by atoms with Crippen molar-refractivity contribution < 1.29 is 0 Å². The Morgan fingerprint density at radius 1 is 1.54 bits per heavy atom. The first kappa shape index (κ1) is 8.54. The molecule has 1 atom stereocenters. The number of aromatic nitrogens is 1. The first-order valence-electron chi connectivity index (χ1n) is 4.93. The van der Waals surface area contributed by atoms with Gasteiger partial charge in [0, 0.05) is 19.3 Å². The second-order valence-electron chi connectivity index (χ2n) is 4.03. The lowest BCUT2D eigenvalue weighted by Gasteiger charge is -2.16. The topological polar surface area (TPSA) is 16.1 Å². The summed E-state index contributed by atoms with van der Waals surface area (Å²) in [7, 11) is 0. The van der Waals surface area contributed by atoms with Gasteiger partial charge in [-0.15, -0.1) is 0 Å². The third-order valence-corrected chi connectivity index (χ3v) is 2.65. The summed E-state index contributed by atoms with van der Waals surface area (Å²) in [5.74, 6) is 1.96. The number of nitrogens with zero attached hydrogens (tertiary/aromatic N) is 2. The summed E-state index contributed by atoms with van der Waals surface area (Å²) in [5, 5.41) is 0. The van der Waals surface area contributed by atoms with Crippen molar-refractivity contribution in [3.63, 3.8) is 0 Å². The van der Waals surface area contributed by atoms with Crippen molar-refractivity contribution >= 4 is 5.82 Å². The van der Waals surface area contributed by atoms with E-state index in [2.05, 4.69) is 29.8 Å². The molecule has 0 bridgehead atoms. The highest BCUT2D eigenvalue weighted by atomic mass is 15.2. The SMILES string of the molecule is Cc1ccnc(N2CCC(C)C2)c1. The molecule has 0 N–H and O–H groups in total. The Morgan fingerprint density at radius 2 is 2.38 bits per heavy atom. The Labute approximate surface area is 79.6 Å². The van der Waals surface area contributed by atoms with Crippen molar-refractivity contribution in [1.29, 1.82) is 0 Å². The van der Waals surface area contributed by atoms with E-state index in [0.717, 1.165) is 24.8 Å².